The van der Waals surface area contributed by atoms with E-state index >= 15 is 0 Å². The molecular weight excluding hydrogens is 663 g/mol. The van der Waals surface area contributed by atoms with E-state index in [1.54, 1.807) is 22.7 Å². The molecular formula is C45H25N3OS2. The average molecular weight is 688 g/mol. The summed E-state index contributed by atoms with van der Waals surface area (Å²) in [5.41, 5.74) is 6.92. The molecule has 238 valence electrons. The van der Waals surface area contributed by atoms with Gasteiger partial charge in [-0.3, -0.25) is 0 Å². The van der Waals surface area contributed by atoms with Gasteiger partial charge >= 0.3 is 0 Å². The highest BCUT2D eigenvalue weighted by Crippen LogP contribution is 2.41. The number of benzene rings is 7. The second kappa shape index (κ2) is 11.2. The van der Waals surface area contributed by atoms with Crippen LogP contribution in [-0.4, -0.2) is 15.0 Å². The predicted molar refractivity (Wildman–Crippen MR) is 215 cm³/mol. The molecule has 11 aromatic rings. The van der Waals surface area contributed by atoms with Crippen LogP contribution in [0.2, 0.25) is 0 Å². The Morgan fingerprint density at radius 1 is 0.353 bits per heavy atom. The number of nitrogens with zero attached hydrogens (tertiary/aromatic N) is 3. The molecule has 6 heteroatoms. The second-order valence-electron chi connectivity index (χ2n) is 12.8. The Balaban J connectivity index is 1.07. The summed E-state index contributed by atoms with van der Waals surface area (Å²) in [4.78, 5) is 15.2. The fourth-order valence-electron chi connectivity index (χ4n) is 7.27. The number of fused-ring (bicyclic) bond motifs is 9. The van der Waals surface area contributed by atoms with Crippen molar-refractivity contribution in [3.8, 4) is 45.3 Å². The molecule has 0 atom stereocenters. The Morgan fingerprint density at radius 3 is 1.75 bits per heavy atom. The molecule has 4 heterocycles. The fourth-order valence-corrected chi connectivity index (χ4v) is 9.49. The van der Waals surface area contributed by atoms with E-state index in [9.17, 15) is 0 Å². The van der Waals surface area contributed by atoms with Crippen LogP contribution in [0.15, 0.2) is 156 Å². The molecule has 0 radical (unpaired) electrons. The van der Waals surface area contributed by atoms with E-state index in [4.69, 9.17) is 19.4 Å². The minimum Gasteiger partial charge on any atom is -0.455 e. The number of aromatic nitrogens is 3. The van der Waals surface area contributed by atoms with E-state index in [1.807, 2.05) is 30.3 Å². The van der Waals surface area contributed by atoms with Crippen LogP contribution in [0.25, 0.3) is 108 Å². The van der Waals surface area contributed by atoms with Gasteiger partial charge < -0.3 is 4.42 Å². The van der Waals surface area contributed by atoms with Crippen LogP contribution < -0.4 is 0 Å². The summed E-state index contributed by atoms with van der Waals surface area (Å²) in [7, 11) is 0. The summed E-state index contributed by atoms with van der Waals surface area (Å²) in [6, 6.07) is 53.2. The van der Waals surface area contributed by atoms with Gasteiger partial charge in [0.1, 0.15) is 11.2 Å². The molecule has 0 saturated heterocycles. The maximum Gasteiger partial charge on any atom is 0.164 e. The molecule has 0 aliphatic carbocycles. The Hall–Kier alpha value is -6.21. The van der Waals surface area contributed by atoms with Crippen molar-refractivity contribution < 1.29 is 4.42 Å². The lowest BCUT2D eigenvalue weighted by molar-refractivity contribution is 0.670. The standard InChI is InChI=1S/C45H25N3OS2/c1-2-9-26(10-3-1)43-46-44(48-45(47-43)29-17-20-33-32-12-5-7-16-38(32)51-41(33)25-29)28-19-22-40-36(24-28)35-23-27(18-21-39(35)50-40)30-13-8-14-34-31-11-4-6-15-37(31)49-42(30)34/h1-25H. The zero-order valence-corrected chi connectivity index (χ0v) is 28.6. The molecule has 4 nitrogen and oxygen atoms in total. The third-order valence-corrected chi connectivity index (χ3v) is 12.0. The molecule has 0 bridgehead atoms. The van der Waals surface area contributed by atoms with E-state index < -0.39 is 0 Å². The van der Waals surface area contributed by atoms with Gasteiger partial charge in [-0.05, 0) is 54.1 Å². The first-order valence-electron chi connectivity index (χ1n) is 16.8. The molecule has 0 fully saturated rings. The summed E-state index contributed by atoms with van der Waals surface area (Å²) >= 11 is 3.60. The van der Waals surface area contributed by atoms with Crippen molar-refractivity contribution in [1.29, 1.82) is 0 Å². The van der Waals surface area contributed by atoms with Crippen molar-refractivity contribution >= 4 is 85.0 Å². The molecule has 0 aliphatic rings. The van der Waals surface area contributed by atoms with Crippen molar-refractivity contribution in [3.63, 3.8) is 0 Å². The third-order valence-electron chi connectivity index (χ3n) is 9.75. The van der Waals surface area contributed by atoms with E-state index in [-0.39, 0.29) is 0 Å². The Labute approximate surface area is 299 Å². The molecule has 0 amide bonds. The van der Waals surface area contributed by atoms with Crippen LogP contribution in [-0.2, 0) is 0 Å². The zero-order chi connectivity index (χ0) is 33.5. The van der Waals surface area contributed by atoms with Gasteiger partial charge in [0, 0.05) is 73.4 Å². The fraction of sp³-hybridized carbons (Fsp3) is 0. The number of furan rings is 1. The van der Waals surface area contributed by atoms with Crippen LogP contribution in [0.3, 0.4) is 0 Å². The lowest BCUT2D eigenvalue weighted by Gasteiger charge is -2.09. The van der Waals surface area contributed by atoms with Gasteiger partial charge in [0.05, 0.1) is 0 Å². The van der Waals surface area contributed by atoms with Crippen LogP contribution in [0.4, 0.5) is 0 Å². The topological polar surface area (TPSA) is 51.8 Å². The highest BCUT2D eigenvalue weighted by atomic mass is 32.1. The highest BCUT2D eigenvalue weighted by Gasteiger charge is 2.17. The van der Waals surface area contributed by atoms with Crippen molar-refractivity contribution in [1.82, 2.24) is 15.0 Å². The third kappa shape index (κ3) is 4.61. The number of thiophene rings is 2. The maximum absolute atomic E-state index is 6.41. The Bertz CT molecular complexity index is 3160. The smallest absolute Gasteiger partial charge is 0.164 e. The Morgan fingerprint density at radius 2 is 0.922 bits per heavy atom. The summed E-state index contributed by atoms with van der Waals surface area (Å²) in [6.07, 6.45) is 0. The van der Waals surface area contributed by atoms with Gasteiger partial charge in [-0.2, -0.15) is 0 Å². The molecule has 4 aromatic heterocycles. The van der Waals surface area contributed by atoms with Crippen molar-refractivity contribution in [2.24, 2.45) is 0 Å². The molecule has 7 aromatic carbocycles. The summed E-state index contributed by atoms with van der Waals surface area (Å²) in [5, 5.41) is 7.18. The lowest BCUT2D eigenvalue weighted by atomic mass is 10.00. The number of hydrogen-bond acceptors (Lipinski definition) is 6. The second-order valence-corrected chi connectivity index (χ2v) is 15.0. The van der Waals surface area contributed by atoms with Crippen molar-refractivity contribution in [2.75, 3.05) is 0 Å². The zero-order valence-electron chi connectivity index (χ0n) is 27.0. The SMILES string of the molecule is c1ccc(-c2nc(-c3ccc4c(c3)sc3ccccc34)nc(-c3ccc4sc5ccc(-c6cccc7c6oc6ccccc67)cc5c4c3)n2)cc1. The number of hydrogen-bond donors (Lipinski definition) is 0. The van der Waals surface area contributed by atoms with Crippen LogP contribution >= 0.6 is 22.7 Å². The quantitative estimate of drug-likeness (QED) is 0.185. The average Bonchev–Trinajstić information content (AvgIpc) is 3.88. The molecule has 0 saturated carbocycles. The molecule has 0 aliphatic heterocycles. The van der Waals surface area contributed by atoms with Crippen LogP contribution in [0, 0.1) is 0 Å². The van der Waals surface area contributed by atoms with Gasteiger partial charge in [-0.15, -0.1) is 22.7 Å². The molecule has 0 spiro atoms. The van der Waals surface area contributed by atoms with Crippen LogP contribution in [0.5, 0.6) is 0 Å². The van der Waals surface area contributed by atoms with Gasteiger partial charge in [0.15, 0.2) is 17.5 Å². The monoisotopic (exact) mass is 687 g/mol. The van der Waals surface area contributed by atoms with E-state index in [0.717, 1.165) is 49.8 Å². The van der Waals surface area contributed by atoms with Crippen molar-refractivity contribution in [2.45, 2.75) is 0 Å². The van der Waals surface area contributed by atoms with Gasteiger partial charge in [-0.1, -0.05) is 103 Å². The van der Waals surface area contributed by atoms with E-state index in [0.29, 0.717) is 17.5 Å². The summed E-state index contributed by atoms with van der Waals surface area (Å²) < 4.78 is 11.4. The first kappa shape index (κ1) is 28.6. The predicted octanol–water partition coefficient (Wildman–Crippen LogP) is 13.2. The minimum absolute atomic E-state index is 0.653. The highest BCUT2D eigenvalue weighted by molar-refractivity contribution is 7.26. The van der Waals surface area contributed by atoms with E-state index in [2.05, 4.69) is 121 Å². The van der Waals surface area contributed by atoms with Gasteiger partial charge in [0.25, 0.3) is 0 Å². The van der Waals surface area contributed by atoms with Crippen molar-refractivity contribution in [3.05, 3.63) is 152 Å². The molecule has 11 rings (SSSR count). The van der Waals surface area contributed by atoms with E-state index in [1.165, 1.54) is 40.3 Å². The minimum atomic E-state index is 0.653. The normalized spacial score (nSPS) is 11.9. The van der Waals surface area contributed by atoms with Crippen LogP contribution in [0.1, 0.15) is 0 Å². The Kier molecular flexibility index (Phi) is 6.26. The number of para-hydroxylation sites is 2. The van der Waals surface area contributed by atoms with Gasteiger partial charge in [0.2, 0.25) is 0 Å². The maximum atomic E-state index is 6.41. The lowest BCUT2D eigenvalue weighted by Crippen LogP contribution is -2.00. The molecule has 0 N–H and O–H groups in total. The summed E-state index contributed by atoms with van der Waals surface area (Å²) in [5.74, 6) is 1.97. The largest absolute Gasteiger partial charge is 0.455 e. The first-order chi connectivity index (χ1) is 25.2. The number of rotatable bonds is 4. The molecule has 51 heavy (non-hydrogen) atoms. The first-order valence-corrected chi connectivity index (χ1v) is 18.5. The van der Waals surface area contributed by atoms with Gasteiger partial charge in [-0.25, -0.2) is 15.0 Å². The summed E-state index contributed by atoms with van der Waals surface area (Å²) in [6.45, 7) is 0. The molecule has 0 unspecified atom stereocenters.